The Kier molecular flexibility index (Phi) is 21.5. The van der Waals surface area contributed by atoms with Gasteiger partial charge in [0.05, 0.1) is 25.6 Å². The number of fused-ring (bicyclic) bond motifs is 4. The van der Waals surface area contributed by atoms with E-state index >= 15 is 0 Å². The number of ether oxygens (including phenoxy) is 4. The monoisotopic (exact) mass is 1080 g/mol. The van der Waals surface area contributed by atoms with Crippen LogP contribution in [-0.4, -0.2) is 111 Å². The van der Waals surface area contributed by atoms with E-state index < -0.39 is 24.1 Å². The first-order valence-corrected chi connectivity index (χ1v) is 28.7. The van der Waals surface area contributed by atoms with E-state index in [1.165, 1.54) is 48.3 Å². The highest BCUT2D eigenvalue weighted by Gasteiger charge is 2.46. The molecular weight excluding hydrogens is 995 g/mol. The van der Waals surface area contributed by atoms with Gasteiger partial charge in [0.15, 0.2) is 0 Å². The summed E-state index contributed by atoms with van der Waals surface area (Å²) < 4.78 is 49.0. The highest BCUT2D eigenvalue weighted by molar-refractivity contribution is 6.34. The Labute approximate surface area is 460 Å². The first kappa shape index (κ1) is 58.2. The third-order valence-electron chi connectivity index (χ3n) is 16.6. The van der Waals surface area contributed by atoms with Crippen molar-refractivity contribution < 1.29 is 46.9 Å². The molecule has 0 saturated carbocycles. The second kappa shape index (κ2) is 28.8. The SMILES string of the molecule is COc1ccc(C)cc1N(C(=O)OC(=O)C(=O)OC(=O)N(c1cc(C)ccc1OC)C1CC2CCCC(C1)N2CCCCCCNCc1ccc(F)cc1)C1CC2CCCC(C1)N2CCCCCCNCc1ccc(F)cc1. The highest BCUT2D eigenvalue weighted by Crippen LogP contribution is 2.42. The van der Waals surface area contributed by atoms with E-state index in [0.29, 0.717) is 61.6 Å². The van der Waals surface area contributed by atoms with Crippen molar-refractivity contribution in [3.8, 4) is 11.5 Å². The predicted octanol–water partition coefficient (Wildman–Crippen LogP) is 11.7. The Hall–Kier alpha value is -5.94. The number of amides is 2. The number of hydrogen-bond donors (Lipinski definition) is 2. The fourth-order valence-electron chi connectivity index (χ4n) is 12.7. The number of hydrogen-bond acceptors (Lipinski definition) is 12. The van der Waals surface area contributed by atoms with E-state index in [9.17, 15) is 28.0 Å². The lowest BCUT2D eigenvalue weighted by atomic mass is 9.80. The van der Waals surface area contributed by atoms with E-state index in [1.807, 2.05) is 38.1 Å². The van der Waals surface area contributed by atoms with Crippen molar-refractivity contribution in [3.05, 3.63) is 119 Å². The number of nitrogens with one attached hydrogen (secondary N) is 2. The smallest absolute Gasteiger partial charge is 0.426 e. The molecule has 4 saturated heterocycles. The largest absolute Gasteiger partial charge is 0.495 e. The van der Waals surface area contributed by atoms with E-state index in [2.05, 4.69) is 20.4 Å². The number of carbonyl (C=O) groups excluding carboxylic acids is 4. The molecule has 4 aliphatic rings. The Morgan fingerprint density at radius 2 is 0.872 bits per heavy atom. The Balaban J connectivity index is 0.876. The molecule has 14 nitrogen and oxygen atoms in total. The topological polar surface area (TPSA) is 142 Å². The van der Waals surface area contributed by atoms with Crippen LogP contribution in [0.4, 0.5) is 29.7 Å². The molecule has 0 aromatic heterocycles. The number of halogens is 2. The molecule has 16 heteroatoms. The van der Waals surface area contributed by atoms with Gasteiger partial charge in [-0.25, -0.2) is 28.0 Å². The fraction of sp³-hybridized carbons (Fsp3) is 0.548. The molecule has 4 unspecified atom stereocenters. The van der Waals surface area contributed by atoms with Crippen LogP contribution in [0.1, 0.15) is 138 Å². The van der Waals surface area contributed by atoms with Gasteiger partial charge in [0.1, 0.15) is 23.1 Å². The maximum absolute atomic E-state index is 14.6. The number of aryl methyl sites for hydroxylation is 2. The summed E-state index contributed by atoms with van der Waals surface area (Å²) in [6.07, 6.45) is 15.2. The molecule has 4 aromatic rings. The quantitative estimate of drug-likeness (QED) is 0.0298. The Morgan fingerprint density at radius 1 is 0.513 bits per heavy atom. The van der Waals surface area contributed by atoms with Crippen LogP contribution in [0.5, 0.6) is 11.5 Å². The number of piperidine rings is 4. The third-order valence-corrected chi connectivity index (χ3v) is 16.6. The first-order chi connectivity index (χ1) is 37.9. The molecule has 4 bridgehead atoms. The van der Waals surface area contributed by atoms with E-state index in [-0.39, 0.29) is 47.9 Å². The molecule has 4 aliphatic heterocycles. The van der Waals surface area contributed by atoms with Crippen molar-refractivity contribution in [3.63, 3.8) is 0 Å². The molecule has 4 atom stereocenters. The Bertz CT molecular complexity index is 2400. The zero-order chi connectivity index (χ0) is 55.0. The number of anilines is 2. The van der Waals surface area contributed by atoms with Crippen LogP contribution in [0.3, 0.4) is 0 Å². The zero-order valence-electron chi connectivity index (χ0n) is 46.3. The zero-order valence-corrected chi connectivity index (χ0v) is 46.3. The lowest BCUT2D eigenvalue weighted by molar-refractivity contribution is -0.159. The summed E-state index contributed by atoms with van der Waals surface area (Å²) in [5.41, 5.74) is 4.73. The van der Waals surface area contributed by atoms with Gasteiger partial charge in [-0.1, -0.05) is 74.9 Å². The maximum Gasteiger partial charge on any atom is 0.426 e. The second-order valence-corrected chi connectivity index (χ2v) is 22.0. The minimum atomic E-state index is -1.58. The summed E-state index contributed by atoms with van der Waals surface area (Å²) in [4.78, 5) is 65.0. The van der Waals surface area contributed by atoms with Crippen molar-refractivity contribution in [1.82, 2.24) is 20.4 Å². The van der Waals surface area contributed by atoms with Crippen LogP contribution in [0.25, 0.3) is 0 Å². The minimum Gasteiger partial charge on any atom is -0.495 e. The van der Waals surface area contributed by atoms with Crippen LogP contribution in [0, 0.1) is 25.5 Å². The van der Waals surface area contributed by atoms with Crippen LogP contribution < -0.4 is 29.9 Å². The molecule has 0 radical (unpaired) electrons. The standard InChI is InChI=1S/C62H82F2N6O8/c1-43-19-29-57(75-3)55(35-43)69(53-37-49-15-13-16-50(38-53)67(49)33-11-7-5-9-31-65-41-45-21-25-47(63)26-22-45)61(73)77-59(71)60(72)78-62(74)70(56-36-44(2)20-30-58(56)76-4)54-39-51-17-14-18-52(40-54)68(51)34-12-8-6-10-32-66-42-46-23-27-48(64)28-24-46/h19-30,35-36,49-54,65-66H,5-18,31-34,37-42H2,1-4H3. The van der Waals surface area contributed by atoms with Crippen molar-refractivity contribution in [2.24, 2.45) is 0 Å². The average molecular weight is 1080 g/mol. The number of methoxy groups -OCH3 is 2. The lowest BCUT2D eigenvalue weighted by Crippen LogP contribution is -2.58. The van der Waals surface area contributed by atoms with Gasteiger partial charge >= 0.3 is 24.1 Å². The normalized spacial score (nSPS) is 21.1. The summed E-state index contributed by atoms with van der Waals surface area (Å²) in [6, 6.07) is 24.3. The summed E-state index contributed by atoms with van der Waals surface area (Å²) >= 11 is 0. The predicted molar refractivity (Wildman–Crippen MR) is 299 cm³/mol. The van der Waals surface area contributed by atoms with E-state index in [1.54, 1.807) is 36.4 Å². The number of nitrogens with zero attached hydrogens (tertiary/aromatic N) is 4. The number of rotatable bonds is 24. The van der Waals surface area contributed by atoms with Gasteiger partial charge in [-0.2, -0.15) is 0 Å². The van der Waals surface area contributed by atoms with Gasteiger partial charge in [0, 0.05) is 49.3 Å². The molecule has 0 aliphatic carbocycles. The number of esters is 2. The van der Waals surface area contributed by atoms with Crippen LogP contribution >= 0.6 is 0 Å². The minimum absolute atomic E-state index is 0.208. The average Bonchev–Trinajstić information content (AvgIpc) is 3.54. The summed E-state index contributed by atoms with van der Waals surface area (Å²) in [7, 11) is 3.05. The molecule has 0 spiro atoms. The van der Waals surface area contributed by atoms with Gasteiger partial charge in [0.2, 0.25) is 0 Å². The van der Waals surface area contributed by atoms with Crippen molar-refractivity contribution in [1.29, 1.82) is 0 Å². The molecule has 4 fully saturated rings. The fourth-order valence-corrected chi connectivity index (χ4v) is 12.7. The lowest BCUT2D eigenvalue weighted by Gasteiger charge is -2.51. The van der Waals surface area contributed by atoms with Gasteiger partial charge in [-0.3, -0.25) is 19.6 Å². The van der Waals surface area contributed by atoms with Crippen LogP contribution in [0.15, 0.2) is 84.9 Å². The first-order valence-electron chi connectivity index (χ1n) is 28.7. The van der Waals surface area contributed by atoms with E-state index in [4.69, 9.17) is 18.9 Å². The maximum atomic E-state index is 14.6. The van der Waals surface area contributed by atoms with Gasteiger partial charge in [0.25, 0.3) is 0 Å². The number of carbonyl (C=O) groups is 4. The molecule has 4 heterocycles. The highest BCUT2D eigenvalue weighted by atomic mass is 19.1. The molecular formula is C62H82F2N6O8. The van der Waals surface area contributed by atoms with E-state index in [0.717, 1.165) is 138 Å². The number of unbranched alkanes of at least 4 members (excludes halogenated alkanes) is 6. The summed E-state index contributed by atoms with van der Waals surface area (Å²) in [6.45, 7) is 8.94. The van der Waals surface area contributed by atoms with Crippen molar-refractivity contribution >= 4 is 35.5 Å². The second-order valence-electron chi connectivity index (χ2n) is 22.0. The summed E-state index contributed by atoms with van der Waals surface area (Å²) in [5.74, 6) is -2.78. The molecule has 4 aromatic carbocycles. The number of benzene rings is 4. The molecule has 8 rings (SSSR count). The van der Waals surface area contributed by atoms with Crippen molar-refractivity contribution in [2.75, 3.05) is 50.2 Å². The third kappa shape index (κ3) is 15.7. The van der Waals surface area contributed by atoms with Crippen LogP contribution in [0.2, 0.25) is 0 Å². The van der Waals surface area contributed by atoms with Gasteiger partial charge in [-0.05, 0) is 188 Å². The molecule has 422 valence electrons. The molecule has 2 N–H and O–H groups in total. The summed E-state index contributed by atoms with van der Waals surface area (Å²) in [5, 5.41) is 6.92. The van der Waals surface area contributed by atoms with Crippen LogP contribution in [-0.2, 0) is 32.2 Å². The molecule has 2 amide bonds. The molecule has 78 heavy (non-hydrogen) atoms. The van der Waals surface area contributed by atoms with Gasteiger partial charge in [-0.15, -0.1) is 0 Å². The van der Waals surface area contributed by atoms with Crippen molar-refractivity contribution in [2.45, 2.75) is 179 Å². The van der Waals surface area contributed by atoms with Gasteiger partial charge < -0.3 is 29.6 Å². The Morgan fingerprint density at radius 3 is 1.23 bits per heavy atom.